The summed E-state index contributed by atoms with van der Waals surface area (Å²) in [7, 11) is -3.27. The van der Waals surface area contributed by atoms with E-state index in [1.165, 1.54) is 0 Å². The average Bonchev–Trinajstić information content (AvgIpc) is 2.46. The van der Waals surface area contributed by atoms with Crippen LogP contribution in [0, 0.1) is 0 Å². The van der Waals surface area contributed by atoms with Gasteiger partial charge in [0.05, 0.1) is 17.4 Å². The number of unbranched alkanes of at least 4 members (excludes halogenated alkanes) is 1. The van der Waals surface area contributed by atoms with Crippen molar-refractivity contribution in [3.63, 3.8) is 0 Å². The van der Waals surface area contributed by atoms with Gasteiger partial charge in [-0.2, -0.15) is 0 Å². The number of ether oxygens (including phenoxy) is 1. The Kier molecular flexibility index (Phi) is 4.73. The quantitative estimate of drug-likeness (QED) is 0.663. The minimum absolute atomic E-state index is 0.0340. The second kappa shape index (κ2) is 5.44. The summed E-state index contributed by atoms with van der Waals surface area (Å²) in [5.41, 5.74) is -0.488. The normalized spacial score (nSPS) is 30.8. The zero-order valence-corrected chi connectivity index (χ0v) is 10.7. The van der Waals surface area contributed by atoms with Crippen molar-refractivity contribution in [1.29, 1.82) is 0 Å². The molecule has 0 amide bonds. The number of nitrogens with one attached hydrogen (secondary N) is 1. The third-order valence-corrected chi connectivity index (χ3v) is 4.70. The highest BCUT2D eigenvalue weighted by Gasteiger charge is 2.39. The predicted octanol–water partition coefficient (Wildman–Crippen LogP) is 0.246. The highest BCUT2D eigenvalue weighted by molar-refractivity contribution is 7.89. The smallest absolute Gasteiger partial charge is 0.212 e. The Balaban J connectivity index is 2.51. The maximum absolute atomic E-state index is 11.8. The Morgan fingerprint density at radius 2 is 2.19 bits per heavy atom. The van der Waals surface area contributed by atoms with Gasteiger partial charge in [-0.1, -0.05) is 0 Å². The Hall–Kier alpha value is -0.170. The van der Waals surface area contributed by atoms with Gasteiger partial charge in [0, 0.05) is 13.2 Å². The van der Waals surface area contributed by atoms with Crippen molar-refractivity contribution < 1.29 is 18.3 Å². The van der Waals surface area contributed by atoms with Crippen molar-refractivity contribution in [2.45, 2.75) is 44.8 Å². The van der Waals surface area contributed by atoms with Gasteiger partial charge in [0.1, 0.15) is 0 Å². The van der Waals surface area contributed by atoms with E-state index >= 15 is 0 Å². The molecule has 1 aliphatic heterocycles. The van der Waals surface area contributed by atoms with Crippen molar-refractivity contribution in [2.24, 2.45) is 0 Å². The summed E-state index contributed by atoms with van der Waals surface area (Å²) in [6, 6.07) is 0. The first-order chi connectivity index (χ1) is 7.40. The lowest BCUT2D eigenvalue weighted by molar-refractivity contribution is 0.0957. The molecule has 1 heterocycles. The van der Waals surface area contributed by atoms with Gasteiger partial charge in [0.15, 0.2) is 0 Å². The monoisotopic (exact) mass is 251 g/mol. The number of aliphatic hydroxyl groups excluding tert-OH is 1. The van der Waals surface area contributed by atoms with Gasteiger partial charge >= 0.3 is 0 Å². The predicted molar refractivity (Wildman–Crippen MR) is 61.7 cm³/mol. The van der Waals surface area contributed by atoms with Crippen LogP contribution >= 0.6 is 0 Å². The van der Waals surface area contributed by atoms with Gasteiger partial charge in [-0.25, -0.2) is 13.1 Å². The zero-order valence-electron chi connectivity index (χ0n) is 9.90. The summed E-state index contributed by atoms with van der Waals surface area (Å²) in [6.07, 6.45) is 1.61. The summed E-state index contributed by atoms with van der Waals surface area (Å²) in [6.45, 7) is 4.38. The number of sulfonamides is 1. The lowest BCUT2D eigenvalue weighted by atomic mass is 9.97. The van der Waals surface area contributed by atoms with Gasteiger partial charge < -0.3 is 9.84 Å². The number of rotatable bonds is 6. The SMILES string of the molecule is CC1OCCC1(C)NS(=O)(=O)CCCCO. The van der Waals surface area contributed by atoms with E-state index in [0.29, 0.717) is 25.9 Å². The largest absolute Gasteiger partial charge is 0.396 e. The summed E-state index contributed by atoms with van der Waals surface area (Å²) >= 11 is 0. The molecule has 6 heteroatoms. The molecule has 0 aromatic rings. The summed E-state index contributed by atoms with van der Waals surface area (Å²) in [5.74, 6) is 0.0653. The van der Waals surface area contributed by atoms with E-state index in [-0.39, 0.29) is 18.5 Å². The molecule has 0 aliphatic carbocycles. The van der Waals surface area contributed by atoms with Crippen molar-refractivity contribution in [3.8, 4) is 0 Å². The van der Waals surface area contributed by atoms with Crippen molar-refractivity contribution in [2.75, 3.05) is 19.0 Å². The van der Waals surface area contributed by atoms with Crippen LogP contribution in [0.3, 0.4) is 0 Å². The van der Waals surface area contributed by atoms with Crippen LogP contribution in [0.1, 0.15) is 33.1 Å². The number of hydrogen-bond donors (Lipinski definition) is 2. The molecule has 96 valence electrons. The third kappa shape index (κ3) is 3.69. The van der Waals surface area contributed by atoms with Crippen LogP contribution in [0.4, 0.5) is 0 Å². The third-order valence-electron chi connectivity index (χ3n) is 3.10. The van der Waals surface area contributed by atoms with Gasteiger partial charge in [0.2, 0.25) is 10.0 Å². The molecule has 0 bridgehead atoms. The molecule has 2 atom stereocenters. The molecule has 0 aromatic carbocycles. The molecule has 1 rings (SSSR count). The van der Waals surface area contributed by atoms with Crippen LogP contribution in [-0.2, 0) is 14.8 Å². The second-order valence-corrected chi connectivity index (χ2v) is 6.37. The lowest BCUT2D eigenvalue weighted by Crippen LogP contribution is -2.51. The van der Waals surface area contributed by atoms with Crippen molar-refractivity contribution >= 4 is 10.0 Å². The Morgan fingerprint density at radius 3 is 2.69 bits per heavy atom. The van der Waals surface area contributed by atoms with Crippen LogP contribution in [0.2, 0.25) is 0 Å². The van der Waals surface area contributed by atoms with E-state index in [9.17, 15) is 8.42 Å². The molecule has 0 aromatic heterocycles. The minimum Gasteiger partial charge on any atom is -0.396 e. The maximum atomic E-state index is 11.8. The molecular weight excluding hydrogens is 230 g/mol. The van der Waals surface area contributed by atoms with Crippen LogP contribution in [0.25, 0.3) is 0 Å². The van der Waals surface area contributed by atoms with Gasteiger partial charge in [-0.3, -0.25) is 0 Å². The Morgan fingerprint density at radius 1 is 1.50 bits per heavy atom. The van der Waals surface area contributed by atoms with E-state index in [1.807, 2.05) is 13.8 Å². The molecule has 1 saturated heterocycles. The Labute approximate surface area is 97.2 Å². The highest BCUT2D eigenvalue weighted by Crippen LogP contribution is 2.25. The second-order valence-electron chi connectivity index (χ2n) is 4.53. The van der Waals surface area contributed by atoms with E-state index in [1.54, 1.807) is 0 Å². The molecule has 2 N–H and O–H groups in total. The van der Waals surface area contributed by atoms with E-state index in [4.69, 9.17) is 9.84 Å². The molecule has 0 radical (unpaired) electrons. The Bertz CT molecular complexity index is 317. The molecule has 1 fully saturated rings. The highest BCUT2D eigenvalue weighted by atomic mass is 32.2. The van der Waals surface area contributed by atoms with E-state index < -0.39 is 15.6 Å². The minimum atomic E-state index is -3.27. The van der Waals surface area contributed by atoms with E-state index in [2.05, 4.69) is 4.72 Å². The molecule has 5 nitrogen and oxygen atoms in total. The fourth-order valence-corrected chi connectivity index (χ4v) is 3.44. The topological polar surface area (TPSA) is 75.6 Å². The number of hydrogen-bond acceptors (Lipinski definition) is 4. The van der Waals surface area contributed by atoms with Gasteiger partial charge in [-0.05, 0) is 33.1 Å². The first kappa shape index (κ1) is 13.9. The lowest BCUT2D eigenvalue weighted by Gasteiger charge is -2.28. The molecule has 16 heavy (non-hydrogen) atoms. The standard InChI is InChI=1S/C10H21NO4S/c1-9-10(2,5-7-15-9)11-16(13,14)8-4-3-6-12/h9,11-12H,3-8H2,1-2H3. The average molecular weight is 251 g/mol. The van der Waals surface area contributed by atoms with Gasteiger partial charge in [-0.15, -0.1) is 0 Å². The molecular formula is C10H21NO4S. The van der Waals surface area contributed by atoms with Gasteiger partial charge in [0.25, 0.3) is 0 Å². The maximum Gasteiger partial charge on any atom is 0.212 e. The fourth-order valence-electron chi connectivity index (χ4n) is 1.78. The fraction of sp³-hybridized carbons (Fsp3) is 1.00. The van der Waals surface area contributed by atoms with Crippen molar-refractivity contribution in [3.05, 3.63) is 0 Å². The molecule has 1 aliphatic rings. The van der Waals surface area contributed by atoms with Crippen LogP contribution in [0.15, 0.2) is 0 Å². The van der Waals surface area contributed by atoms with Crippen LogP contribution < -0.4 is 4.72 Å². The van der Waals surface area contributed by atoms with Crippen LogP contribution in [0.5, 0.6) is 0 Å². The van der Waals surface area contributed by atoms with Crippen molar-refractivity contribution in [1.82, 2.24) is 4.72 Å². The summed E-state index contributed by atoms with van der Waals surface area (Å²) < 4.78 is 31.6. The summed E-state index contributed by atoms with van der Waals surface area (Å²) in [4.78, 5) is 0. The molecule has 2 unspecified atom stereocenters. The summed E-state index contributed by atoms with van der Waals surface area (Å²) in [5, 5.41) is 8.60. The first-order valence-electron chi connectivity index (χ1n) is 5.64. The van der Waals surface area contributed by atoms with Crippen LogP contribution in [-0.4, -0.2) is 44.1 Å². The number of aliphatic hydroxyl groups is 1. The molecule has 0 saturated carbocycles. The molecule has 0 spiro atoms. The zero-order chi connectivity index (χ0) is 12.2. The first-order valence-corrected chi connectivity index (χ1v) is 7.29. The van der Waals surface area contributed by atoms with E-state index in [0.717, 1.165) is 0 Å².